The zero-order chi connectivity index (χ0) is 19.2. The Morgan fingerprint density at radius 3 is 2.54 bits per heavy atom. The molecule has 0 spiro atoms. The number of likely N-dealkylation sites (tertiary alicyclic amines) is 1. The van der Waals surface area contributed by atoms with E-state index in [1.807, 2.05) is 0 Å². The summed E-state index contributed by atoms with van der Waals surface area (Å²) >= 11 is 0. The molecule has 0 radical (unpaired) electrons. The second-order valence-corrected chi connectivity index (χ2v) is 8.29. The molecule has 0 unspecified atom stereocenters. The highest BCUT2D eigenvalue weighted by Crippen LogP contribution is 2.27. The molecule has 26 heavy (non-hydrogen) atoms. The van der Waals surface area contributed by atoms with Crippen LogP contribution in [0.1, 0.15) is 25.7 Å². The van der Waals surface area contributed by atoms with Crippen molar-refractivity contribution in [2.45, 2.75) is 30.6 Å². The first-order valence-corrected chi connectivity index (χ1v) is 10.5. The Balaban J connectivity index is 1.98. The van der Waals surface area contributed by atoms with Gasteiger partial charge in [0, 0.05) is 32.0 Å². The van der Waals surface area contributed by atoms with Gasteiger partial charge in [0.25, 0.3) is 5.69 Å². The van der Waals surface area contributed by atoms with Crippen molar-refractivity contribution < 1.29 is 13.3 Å². The Morgan fingerprint density at radius 1 is 1.31 bits per heavy atom. The van der Waals surface area contributed by atoms with Crippen LogP contribution in [0.3, 0.4) is 0 Å². The number of rotatable bonds is 6. The van der Waals surface area contributed by atoms with Crippen LogP contribution in [-0.2, 0) is 9.84 Å². The lowest BCUT2D eigenvalue weighted by molar-refractivity contribution is -0.384. The third kappa shape index (κ3) is 5.58. The van der Waals surface area contributed by atoms with Crippen LogP contribution >= 0.6 is 0 Å². The first-order chi connectivity index (χ1) is 12.3. The van der Waals surface area contributed by atoms with E-state index in [1.165, 1.54) is 25.0 Å². The van der Waals surface area contributed by atoms with Crippen LogP contribution in [0, 0.1) is 10.1 Å². The van der Waals surface area contributed by atoms with Crippen molar-refractivity contribution in [1.29, 1.82) is 0 Å². The summed E-state index contributed by atoms with van der Waals surface area (Å²) in [4.78, 5) is 16.9. The molecule has 10 heteroatoms. The number of nitro groups is 1. The maximum absolute atomic E-state index is 11.5. The topological polar surface area (TPSA) is 131 Å². The molecule has 1 saturated heterocycles. The van der Waals surface area contributed by atoms with E-state index in [2.05, 4.69) is 15.2 Å². The molecule has 1 aliphatic rings. The second-order valence-electron chi connectivity index (χ2n) is 6.28. The van der Waals surface area contributed by atoms with E-state index in [4.69, 9.17) is 5.73 Å². The molecule has 0 aromatic heterocycles. The van der Waals surface area contributed by atoms with Crippen LogP contribution in [0.4, 0.5) is 11.4 Å². The van der Waals surface area contributed by atoms with Gasteiger partial charge in [0.05, 0.1) is 16.4 Å². The summed E-state index contributed by atoms with van der Waals surface area (Å²) < 4.78 is 23.1. The summed E-state index contributed by atoms with van der Waals surface area (Å²) in [5.41, 5.74) is 5.99. The third-order valence-corrected chi connectivity index (χ3v) is 5.34. The first kappa shape index (κ1) is 20.0. The Hall–Kier alpha value is -2.36. The summed E-state index contributed by atoms with van der Waals surface area (Å²) in [5, 5.41) is 14.1. The van der Waals surface area contributed by atoms with E-state index in [1.54, 1.807) is 0 Å². The lowest BCUT2D eigenvalue weighted by atomic mass is 10.2. The van der Waals surface area contributed by atoms with Crippen molar-refractivity contribution >= 4 is 27.2 Å². The van der Waals surface area contributed by atoms with E-state index >= 15 is 0 Å². The molecule has 1 aromatic carbocycles. The lowest BCUT2D eigenvalue weighted by Crippen LogP contribution is -2.38. The van der Waals surface area contributed by atoms with Crippen molar-refractivity contribution in [3.63, 3.8) is 0 Å². The lowest BCUT2D eigenvalue weighted by Gasteiger charge is -2.21. The smallest absolute Gasteiger partial charge is 0.293 e. The van der Waals surface area contributed by atoms with Gasteiger partial charge in [-0.2, -0.15) is 0 Å². The monoisotopic (exact) mass is 383 g/mol. The number of nitrogens with two attached hydrogens (primary N) is 1. The minimum Gasteiger partial charge on any atom is -0.378 e. The number of anilines is 1. The Bertz CT molecular complexity index is 771. The van der Waals surface area contributed by atoms with Crippen LogP contribution < -0.4 is 11.1 Å². The zero-order valence-corrected chi connectivity index (χ0v) is 15.7. The van der Waals surface area contributed by atoms with Gasteiger partial charge in [0.2, 0.25) is 0 Å². The molecule has 3 N–H and O–H groups in total. The Kier molecular flexibility index (Phi) is 6.78. The van der Waals surface area contributed by atoms with Gasteiger partial charge >= 0.3 is 0 Å². The van der Waals surface area contributed by atoms with Crippen molar-refractivity contribution in [2.75, 3.05) is 37.8 Å². The predicted octanol–water partition coefficient (Wildman–Crippen LogP) is 1.60. The fourth-order valence-corrected chi connectivity index (χ4v) is 3.44. The second kappa shape index (κ2) is 8.84. The highest BCUT2D eigenvalue weighted by atomic mass is 32.2. The normalized spacial score (nSPS) is 16.2. The summed E-state index contributed by atoms with van der Waals surface area (Å²) in [6.07, 6.45) is 5.64. The average molecular weight is 383 g/mol. The van der Waals surface area contributed by atoms with Gasteiger partial charge in [0.15, 0.2) is 15.8 Å². The van der Waals surface area contributed by atoms with Crippen molar-refractivity contribution in [1.82, 2.24) is 4.90 Å². The van der Waals surface area contributed by atoms with Gasteiger partial charge in [-0.3, -0.25) is 15.1 Å². The highest BCUT2D eigenvalue weighted by Gasteiger charge is 2.18. The Labute approximate surface area is 153 Å². The third-order valence-electron chi connectivity index (χ3n) is 4.23. The number of hydrogen-bond acceptors (Lipinski definition) is 6. The van der Waals surface area contributed by atoms with Crippen molar-refractivity contribution in [2.24, 2.45) is 10.7 Å². The minimum absolute atomic E-state index is 0.0850. The molecule has 1 aromatic rings. The van der Waals surface area contributed by atoms with E-state index in [-0.39, 0.29) is 16.3 Å². The number of hydrogen-bond donors (Lipinski definition) is 2. The summed E-state index contributed by atoms with van der Waals surface area (Å²) in [5.74, 6) is 0.496. The summed E-state index contributed by atoms with van der Waals surface area (Å²) in [7, 11) is -3.50. The number of nitrogens with zero attached hydrogens (tertiary/aromatic N) is 3. The molecule has 144 valence electrons. The fourth-order valence-electron chi connectivity index (χ4n) is 2.80. The number of nitrogens with one attached hydrogen (secondary N) is 1. The molecule has 0 bridgehead atoms. The number of sulfone groups is 1. The summed E-state index contributed by atoms with van der Waals surface area (Å²) in [6.45, 7) is 2.53. The highest BCUT2D eigenvalue weighted by molar-refractivity contribution is 7.90. The Morgan fingerprint density at radius 2 is 1.96 bits per heavy atom. The van der Waals surface area contributed by atoms with Gasteiger partial charge in [0.1, 0.15) is 5.69 Å². The zero-order valence-electron chi connectivity index (χ0n) is 14.8. The predicted molar refractivity (Wildman–Crippen MR) is 101 cm³/mol. The SMILES string of the molecule is CS(=O)(=O)c1ccc(NCCN=C(N)N2CCCCCC2)c([N+](=O)[O-])c1. The molecule has 0 atom stereocenters. The van der Waals surface area contributed by atoms with E-state index in [0.717, 1.165) is 38.3 Å². The molecule has 2 rings (SSSR count). The largest absolute Gasteiger partial charge is 0.378 e. The quantitative estimate of drug-likeness (QED) is 0.251. The minimum atomic E-state index is -3.50. The van der Waals surface area contributed by atoms with Crippen LogP contribution in [-0.4, -0.2) is 56.6 Å². The van der Waals surface area contributed by atoms with Crippen LogP contribution in [0.15, 0.2) is 28.1 Å². The molecule has 1 fully saturated rings. The van der Waals surface area contributed by atoms with Gasteiger partial charge in [-0.15, -0.1) is 0 Å². The average Bonchev–Trinajstić information content (AvgIpc) is 2.87. The number of aliphatic imine (C=N–C) groups is 1. The molecule has 1 aliphatic heterocycles. The number of nitro benzene ring substituents is 1. The van der Waals surface area contributed by atoms with Crippen molar-refractivity contribution in [3.05, 3.63) is 28.3 Å². The van der Waals surface area contributed by atoms with Crippen molar-refractivity contribution in [3.8, 4) is 0 Å². The van der Waals surface area contributed by atoms with Gasteiger partial charge in [-0.1, -0.05) is 12.8 Å². The first-order valence-electron chi connectivity index (χ1n) is 8.56. The molecular formula is C16H25N5O4S. The number of guanidine groups is 1. The fraction of sp³-hybridized carbons (Fsp3) is 0.562. The standard InChI is InChI=1S/C16H25N5O4S/c1-26(24,25)13-6-7-14(15(12-13)21(22)23)18-8-9-19-16(17)20-10-4-2-3-5-11-20/h6-7,12,18H,2-5,8-11H2,1H3,(H2,17,19). The molecule has 9 nitrogen and oxygen atoms in total. The summed E-state index contributed by atoms with van der Waals surface area (Å²) in [6, 6.07) is 3.81. The van der Waals surface area contributed by atoms with E-state index in [0.29, 0.717) is 19.0 Å². The molecule has 0 aliphatic carbocycles. The van der Waals surface area contributed by atoms with E-state index < -0.39 is 14.8 Å². The number of benzene rings is 1. The molecule has 0 amide bonds. The van der Waals surface area contributed by atoms with Crippen LogP contribution in [0.2, 0.25) is 0 Å². The molecule has 1 heterocycles. The van der Waals surface area contributed by atoms with Crippen LogP contribution in [0.5, 0.6) is 0 Å². The van der Waals surface area contributed by atoms with Gasteiger partial charge in [-0.25, -0.2) is 8.42 Å². The maximum atomic E-state index is 11.5. The van der Waals surface area contributed by atoms with Gasteiger partial charge in [-0.05, 0) is 25.0 Å². The molecular weight excluding hydrogens is 358 g/mol. The van der Waals surface area contributed by atoms with E-state index in [9.17, 15) is 18.5 Å². The van der Waals surface area contributed by atoms with Gasteiger partial charge < -0.3 is 16.0 Å². The van der Waals surface area contributed by atoms with Crippen LogP contribution in [0.25, 0.3) is 0 Å². The maximum Gasteiger partial charge on any atom is 0.293 e. The molecule has 0 saturated carbocycles.